The van der Waals surface area contributed by atoms with E-state index in [-0.39, 0.29) is 62.3 Å². The fourth-order valence-electron chi connectivity index (χ4n) is 12.2. The second-order valence-electron chi connectivity index (χ2n) is 16.7. The average Bonchev–Trinajstić information content (AvgIpc) is 3.87. The zero-order valence-corrected chi connectivity index (χ0v) is 38.0. The average molecular weight is 941 g/mol. The molecule has 5 heterocycles. The molecular weight excluding hydrogens is 882 g/mol. The van der Waals surface area contributed by atoms with Gasteiger partial charge < -0.3 is 51.5 Å². The fourth-order valence-corrected chi connectivity index (χ4v) is 12.6. The van der Waals surface area contributed by atoms with Gasteiger partial charge >= 0.3 is 0 Å². The first-order valence-electron chi connectivity index (χ1n) is 20.0. The van der Waals surface area contributed by atoms with Gasteiger partial charge in [0.05, 0.1) is 60.3 Å². The van der Waals surface area contributed by atoms with Gasteiger partial charge in [-0.3, -0.25) is 42.5 Å². The Labute approximate surface area is 354 Å². The zero-order valence-electron chi connectivity index (χ0n) is 31.8. The van der Waals surface area contributed by atoms with E-state index in [9.17, 15) is 8.42 Å². The predicted octanol–water partition coefficient (Wildman–Crippen LogP) is 1.13. The van der Waals surface area contributed by atoms with Gasteiger partial charge in [0.1, 0.15) is 0 Å². The summed E-state index contributed by atoms with van der Waals surface area (Å²) in [5, 5.41) is 32.9. The van der Waals surface area contributed by atoms with Crippen molar-refractivity contribution in [1.29, 1.82) is 0 Å². The monoisotopic (exact) mass is 938 g/mol. The van der Waals surface area contributed by atoms with E-state index in [2.05, 4.69) is 42.5 Å². The molecule has 4 aliphatic carbocycles. The summed E-state index contributed by atoms with van der Waals surface area (Å²) < 4.78 is 102. The molecule has 11 N–H and O–H groups in total. The van der Waals surface area contributed by atoms with Gasteiger partial charge in [0.2, 0.25) is 0 Å². The van der Waals surface area contributed by atoms with Crippen LogP contribution < -0.4 is 42.5 Å². The molecule has 4 saturated carbocycles. The molecule has 0 aromatic rings. The van der Waals surface area contributed by atoms with Crippen LogP contribution in [0.5, 0.6) is 0 Å². The molecule has 0 radical (unpaired) electrons. The molecule has 9 rings (SSSR count). The number of fused-ring (bicyclic) bond motifs is 20. The van der Waals surface area contributed by atoms with Crippen LogP contribution in [0.4, 0.5) is 0 Å². The maximum Gasteiger partial charge on any atom is 0.0653 e. The molecule has 0 amide bonds. The quantitative estimate of drug-likeness (QED) is 0.0800. The van der Waals surface area contributed by atoms with Crippen LogP contribution in [-0.4, -0.2) is 69.1 Å². The first-order valence-corrected chi connectivity index (χ1v) is 24.1. The Hall–Kier alpha value is -0.0566. The summed E-state index contributed by atoms with van der Waals surface area (Å²) in [4.78, 5) is 0. The van der Waals surface area contributed by atoms with Crippen LogP contribution in [0.2, 0.25) is 0 Å². The van der Waals surface area contributed by atoms with Crippen molar-refractivity contribution < 1.29 is 71.0 Å². The first-order chi connectivity index (χ1) is 26.8. The van der Waals surface area contributed by atoms with Crippen LogP contribution >= 0.6 is 0 Å². The van der Waals surface area contributed by atoms with Crippen molar-refractivity contribution in [2.45, 2.75) is 152 Å². The van der Waals surface area contributed by atoms with E-state index in [1.807, 2.05) is 0 Å². The van der Waals surface area contributed by atoms with Gasteiger partial charge in [0, 0.05) is 64.5 Å². The number of rotatable bonds is 2. The van der Waals surface area contributed by atoms with Crippen molar-refractivity contribution in [3.8, 4) is 0 Å². The Morgan fingerprint density at radius 3 is 0.842 bits per heavy atom. The molecule has 17 atom stereocenters. The Balaban J connectivity index is 0.000000424. The van der Waals surface area contributed by atoms with Crippen LogP contribution in [0.15, 0.2) is 0 Å². The third-order valence-corrected chi connectivity index (χ3v) is 14.4. The van der Waals surface area contributed by atoms with Gasteiger partial charge in [-0.05, 0) is 92.8 Å². The largest absolute Gasteiger partial charge is 0.439 e. The van der Waals surface area contributed by atoms with E-state index in [4.69, 9.17) is 43.1 Å². The van der Waals surface area contributed by atoms with Crippen molar-refractivity contribution in [3.63, 3.8) is 0 Å². The van der Waals surface area contributed by atoms with Crippen LogP contribution in [0.25, 0.3) is 0 Å². The zero-order chi connectivity index (χ0) is 40.1. The smallest absolute Gasteiger partial charge is 0.0653 e. The predicted molar refractivity (Wildman–Crippen MR) is 200 cm³/mol. The van der Waals surface area contributed by atoms with Gasteiger partial charge in [-0.15, -0.1) is 0 Å². The first kappa shape index (κ1) is 48.0. The van der Waals surface area contributed by atoms with Gasteiger partial charge in [-0.2, -0.15) is 0 Å². The van der Waals surface area contributed by atoms with Gasteiger partial charge in [-0.1, -0.05) is 44.9 Å². The summed E-state index contributed by atoms with van der Waals surface area (Å²) in [5.41, 5.74) is 0. The second-order valence-corrected chi connectivity index (χ2v) is 18.6. The topological polar surface area (TPSA) is 303 Å². The van der Waals surface area contributed by atoms with E-state index in [0.29, 0.717) is 59.9 Å². The summed E-state index contributed by atoms with van der Waals surface area (Å²) in [5.74, 6) is 4.16. The molecule has 20 nitrogen and oxygen atoms in total. The fraction of sp³-hybridized carbons (Fsp3) is 1.00. The molecule has 0 aromatic heterocycles. The number of hydrogen-bond donors (Lipinski definition) is 11. The molecular formula is C32H58N8O12S4Zn-4. The normalized spacial score (nSPS) is 44.4. The number of nitrogens with one attached hydrogen (secondary N) is 8. The maximum atomic E-state index is 11.8. The minimum absolute atomic E-state index is 0. The third-order valence-electron chi connectivity index (χ3n) is 14.0. The van der Waals surface area contributed by atoms with Crippen molar-refractivity contribution in [3.05, 3.63) is 0 Å². The summed E-state index contributed by atoms with van der Waals surface area (Å²) >= 11 is 0. The van der Waals surface area contributed by atoms with E-state index >= 15 is 0 Å². The SMILES string of the molecule is O=[S-](=O)O.O=[S-](=O)O.O=[S-](=O)O.O=[S-](=O)OC1CCCC2C3NC4NC(NC5NC(NC6NC(NC(N3)C12)C1CCCCC61)C1CCCCC51)C1CCCCC41.[Zn]. The van der Waals surface area contributed by atoms with Gasteiger partial charge in [-0.25, -0.2) is 0 Å². The second kappa shape index (κ2) is 22.3. The minimum atomic E-state index is -2.86. The van der Waals surface area contributed by atoms with E-state index in [1.165, 1.54) is 77.0 Å². The van der Waals surface area contributed by atoms with Crippen LogP contribution in [0, 0.1) is 47.3 Å². The molecule has 8 bridgehead atoms. The standard InChI is InChI=1S/C32H55N8O3S.3HO3S.Zn/c41-44(42)43-23-15-7-14-22-24(23)32-39-30-21-13-6-5-12-20(21)28(37-30)35-26-17-9-2-1-8-16(17)25(33-26)34-27-18-10-3-4-11-19(18)29(36-27)38-31(22)40-32;3*1-4(2)3;/h16-40H,1-15H2;3*(H,1,2,3);/q4*-1;. The number of hydrogen-bond acceptors (Lipinski definition) is 21. The molecule has 0 aromatic carbocycles. The van der Waals surface area contributed by atoms with Crippen molar-refractivity contribution in [2.24, 2.45) is 47.3 Å². The molecule has 5 aliphatic heterocycles. The van der Waals surface area contributed by atoms with Gasteiger partial charge in [0.25, 0.3) is 0 Å². The van der Waals surface area contributed by atoms with Crippen LogP contribution in [0.3, 0.4) is 0 Å². The third kappa shape index (κ3) is 12.3. The Kier molecular flexibility index (Phi) is 18.8. The van der Waals surface area contributed by atoms with Crippen molar-refractivity contribution in [1.82, 2.24) is 42.5 Å². The maximum absolute atomic E-state index is 11.8. The molecule has 9 aliphatic rings. The summed E-state index contributed by atoms with van der Waals surface area (Å²) in [6.07, 6.45) is 20.0. The molecule has 328 valence electrons. The van der Waals surface area contributed by atoms with E-state index < -0.39 is 43.9 Å². The van der Waals surface area contributed by atoms with Crippen LogP contribution in [0.1, 0.15) is 96.3 Å². The summed E-state index contributed by atoms with van der Waals surface area (Å²) in [6, 6.07) is 0. The molecule has 9 fully saturated rings. The van der Waals surface area contributed by atoms with Gasteiger partial charge in [0.15, 0.2) is 0 Å². The summed E-state index contributed by atoms with van der Waals surface area (Å²) in [6.45, 7) is 0. The van der Waals surface area contributed by atoms with Crippen LogP contribution in [-0.2, 0) is 101 Å². The minimum Gasteiger partial charge on any atom is -0.439 e. The van der Waals surface area contributed by atoms with Crippen molar-refractivity contribution >= 4 is 43.9 Å². The summed E-state index contributed by atoms with van der Waals surface area (Å²) in [7, 11) is -11.1. The Bertz CT molecular complexity index is 1550. The molecule has 57 heavy (non-hydrogen) atoms. The Morgan fingerprint density at radius 2 is 0.579 bits per heavy atom. The molecule has 25 heteroatoms. The Morgan fingerprint density at radius 1 is 0.351 bits per heavy atom. The van der Waals surface area contributed by atoms with E-state index in [1.54, 1.807) is 0 Å². The van der Waals surface area contributed by atoms with Crippen molar-refractivity contribution in [2.75, 3.05) is 0 Å². The molecule has 5 saturated heterocycles. The molecule has 17 unspecified atom stereocenters. The molecule has 0 spiro atoms. The van der Waals surface area contributed by atoms with E-state index in [0.717, 1.165) is 19.3 Å².